The summed E-state index contributed by atoms with van der Waals surface area (Å²) in [5, 5.41) is 10.6. The molecule has 1 amide bonds. The smallest absolute Gasteiger partial charge is 0.316 e. The third-order valence-electron chi connectivity index (χ3n) is 5.32. The van der Waals surface area contributed by atoms with Crippen molar-refractivity contribution in [3.63, 3.8) is 0 Å². The summed E-state index contributed by atoms with van der Waals surface area (Å²) in [6.07, 6.45) is 6.88. The summed E-state index contributed by atoms with van der Waals surface area (Å²) in [5.41, 5.74) is 0.00933. The van der Waals surface area contributed by atoms with Crippen molar-refractivity contribution in [3.05, 3.63) is 34.4 Å². The van der Waals surface area contributed by atoms with Crippen molar-refractivity contribution in [3.8, 4) is 0 Å². The van der Waals surface area contributed by atoms with Gasteiger partial charge in [-0.3, -0.25) is 19.7 Å². The van der Waals surface area contributed by atoms with Gasteiger partial charge in [-0.25, -0.2) is 0 Å². The molecule has 1 saturated carbocycles. The maximum absolute atomic E-state index is 12.5. The van der Waals surface area contributed by atoms with Gasteiger partial charge in [0.25, 0.3) is 11.6 Å². The normalized spacial score (nSPS) is 22.0. The van der Waals surface area contributed by atoms with E-state index in [2.05, 4.69) is 0 Å². The van der Waals surface area contributed by atoms with E-state index in [1.165, 1.54) is 43.2 Å². The van der Waals surface area contributed by atoms with Crippen molar-refractivity contribution in [2.75, 3.05) is 18.9 Å². The molecule has 0 spiro atoms. The van der Waals surface area contributed by atoms with E-state index >= 15 is 0 Å². The molecule has 2 fully saturated rings. The Morgan fingerprint density at radius 2 is 1.85 bits per heavy atom. The zero-order valence-electron chi connectivity index (χ0n) is 15.2. The van der Waals surface area contributed by atoms with Crippen LogP contribution in [-0.4, -0.2) is 46.6 Å². The number of thioether (sulfide) groups is 1. The minimum absolute atomic E-state index is 0.00933. The fraction of sp³-hybridized carbons (Fsp3) is 0.579. The molecule has 1 aliphatic carbocycles. The maximum Gasteiger partial charge on any atom is 0.316 e. The van der Waals surface area contributed by atoms with Crippen LogP contribution in [-0.2, 0) is 14.3 Å². The third kappa shape index (κ3) is 5.22. The Morgan fingerprint density at radius 3 is 2.59 bits per heavy atom. The highest BCUT2D eigenvalue weighted by Gasteiger charge is 2.35. The van der Waals surface area contributed by atoms with Crippen LogP contribution in [0.25, 0.3) is 0 Å². The minimum Gasteiger partial charge on any atom is -0.455 e. The molecule has 0 N–H and O–H groups in total. The standard InChI is InChI=1S/C19H24N2O5S/c22-18(20-11-3-5-14-4-1-2-6-17(14)20)12-26-19(23)13-27-16-9-7-15(8-10-16)21(24)25/h7-10,14,17H,1-6,11-13H2/t14-,17+/m1/s1. The average Bonchev–Trinajstić information content (AvgIpc) is 2.70. The van der Waals surface area contributed by atoms with E-state index in [0.29, 0.717) is 12.0 Å². The average molecular weight is 392 g/mol. The quantitative estimate of drug-likeness (QED) is 0.319. The number of nitro groups is 1. The Balaban J connectivity index is 1.43. The summed E-state index contributed by atoms with van der Waals surface area (Å²) in [6.45, 7) is 0.554. The lowest BCUT2D eigenvalue weighted by atomic mass is 9.78. The lowest BCUT2D eigenvalue weighted by Crippen LogP contribution is -2.50. The van der Waals surface area contributed by atoms with Gasteiger partial charge in [0.15, 0.2) is 6.61 Å². The van der Waals surface area contributed by atoms with E-state index in [1.54, 1.807) is 12.1 Å². The van der Waals surface area contributed by atoms with Crippen LogP contribution in [0.5, 0.6) is 0 Å². The highest BCUT2D eigenvalue weighted by Crippen LogP contribution is 2.35. The Bertz CT molecular complexity index is 692. The highest BCUT2D eigenvalue weighted by molar-refractivity contribution is 8.00. The van der Waals surface area contributed by atoms with Gasteiger partial charge >= 0.3 is 5.97 Å². The van der Waals surface area contributed by atoms with Gasteiger partial charge in [0.05, 0.1) is 10.7 Å². The molecular formula is C19H24N2O5S. The molecule has 2 aliphatic rings. The van der Waals surface area contributed by atoms with Gasteiger partial charge in [-0.1, -0.05) is 12.8 Å². The number of non-ortho nitro benzene ring substituents is 1. The Morgan fingerprint density at radius 1 is 1.15 bits per heavy atom. The lowest BCUT2D eigenvalue weighted by Gasteiger charge is -2.44. The number of piperidine rings is 1. The largest absolute Gasteiger partial charge is 0.455 e. The maximum atomic E-state index is 12.5. The predicted octanol–water partition coefficient (Wildman–Crippen LogP) is 3.41. The molecule has 1 aromatic rings. The number of ether oxygens (including phenoxy) is 1. The first kappa shape index (κ1) is 19.7. The van der Waals surface area contributed by atoms with Gasteiger partial charge in [-0.05, 0) is 43.7 Å². The molecule has 1 heterocycles. The van der Waals surface area contributed by atoms with Crippen molar-refractivity contribution >= 4 is 29.3 Å². The van der Waals surface area contributed by atoms with Crippen LogP contribution in [0, 0.1) is 16.0 Å². The number of fused-ring (bicyclic) bond motifs is 1. The van der Waals surface area contributed by atoms with Gasteiger partial charge < -0.3 is 9.64 Å². The van der Waals surface area contributed by atoms with Crippen LogP contribution in [0.1, 0.15) is 38.5 Å². The van der Waals surface area contributed by atoms with E-state index in [1.807, 2.05) is 4.90 Å². The van der Waals surface area contributed by atoms with Crippen LogP contribution in [0.4, 0.5) is 5.69 Å². The van der Waals surface area contributed by atoms with Crippen molar-refractivity contribution in [2.45, 2.75) is 49.5 Å². The van der Waals surface area contributed by atoms with Gasteiger partial charge in [-0.2, -0.15) is 0 Å². The first-order valence-corrected chi connectivity index (χ1v) is 10.4. The summed E-state index contributed by atoms with van der Waals surface area (Å²) in [4.78, 5) is 37.3. The topological polar surface area (TPSA) is 89.7 Å². The van der Waals surface area contributed by atoms with E-state index in [0.717, 1.165) is 30.7 Å². The number of nitro benzene ring substituents is 1. The van der Waals surface area contributed by atoms with Crippen molar-refractivity contribution in [1.82, 2.24) is 4.90 Å². The number of hydrogen-bond acceptors (Lipinski definition) is 6. The Hall–Kier alpha value is -2.09. The number of hydrogen-bond donors (Lipinski definition) is 0. The second kappa shape index (κ2) is 9.21. The van der Waals surface area contributed by atoms with E-state index in [4.69, 9.17) is 4.74 Å². The van der Waals surface area contributed by atoms with Crippen molar-refractivity contribution in [1.29, 1.82) is 0 Å². The summed E-state index contributed by atoms with van der Waals surface area (Å²) in [7, 11) is 0. The van der Waals surface area contributed by atoms with Gasteiger partial charge in [0.2, 0.25) is 0 Å². The van der Waals surface area contributed by atoms with Gasteiger partial charge in [0, 0.05) is 29.6 Å². The van der Waals surface area contributed by atoms with Gasteiger partial charge in [-0.15, -0.1) is 11.8 Å². The molecule has 27 heavy (non-hydrogen) atoms. The number of carbonyl (C=O) groups excluding carboxylic acids is 2. The molecule has 1 aliphatic heterocycles. The number of carbonyl (C=O) groups is 2. The van der Waals surface area contributed by atoms with Crippen molar-refractivity contribution in [2.24, 2.45) is 5.92 Å². The number of amides is 1. The summed E-state index contributed by atoms with van der Waals surface area (Å²) in [6, 6.07) is 6.30. The molecule has 2 atom stereocenters. The molecule has 0 unspecified atom stereocenters. The Kier molecular flexibility index (Phi) is 6.71. The number of likely N-dealkylation sites (tertiary alicyclic amines) is 1. The van der Waals surface area contributed by atoms with E-state index < -0.39 is 10.9 Å². The van der Waals surface area contributed by atoms with E-state index in [9.17, 15) is 19.7 Å². The SMILES string of the molecule is O=C(CSc1ccc([N+](=O)[O-])cc1)OCC(=O)N1CCC[C@H]2CCCC[C@@H]21. The zero-order chi connectivity index (χ0) is 19.2. The molecule has 1 aromatic carbocycles. The predicted molar refractivity (Wildman–Crippen MR) is 101 cm³/mol. The van der Waals surface area contributed by atoms with Crippen LogP contribution in [0.15, 0.2) is 29.2 Å². The molecule has 0 aromatic heterocycles. The van der Waals surface area contributed by atoms with Crippen molar-refractivity contribution < 1.29 is 19.2 Å². The van der Waals surface area contributed by atoms with Gasteiger partial charge in [0.1, 0.15) is 0 Å². The summed E-state index contributed by atoms with van der Waals surface area (Å²) >= 11 is 1.23. The summed E-state index contributed by atoms with van der Waals surface area (Å²) < 4.78 is 5.16. The third-order valence-corrected chi connectivity index (χ3v) is 6.31. The Labute approximate surface area is 162 Å². The molecule has 0 bridgehead atoms. The van der Waals surface area contributed by atoms with Crippen LogP contribution in [0.2, 0.25) is 0 Å². The van der Waals surface area contributed by atoms with E-state index in [-0.39, 0.29) is 24.0 Å². The second-order valence-corrected chi connectivity index (χ2v) is 8.09. The number of rotatable bonds is 6. The zero-order valence-corrected chi connectivity index (χ0v) is 16.0. The lowest BCUT2D eigenvalue weighted by molar-refractivity contribution is -0.384. The summed E-state index contributed by atoms with van der Waals surface area (Å²) in [5.74, 6) is 0.117. The first-order chi connectivity index (χ1) is 13.0. The monoisotopic (exact) mass is 392 g/mol. The fourth-order valence-electron chi connectivity index (χ4n) is 4.01. The highest BCUT2D eigenvalue weighted by atomic mass is 32.2. The number of nitrogens with zero attached hydrogens (tertiary/aromatic N) is 2. The molecule has 146 valence electrons. The first-order valence-electron chi connectivity index (χ1n) is 9.37. The molecule has 3 rings (SSSR count). The minimum atomic E-state index is -0.466. The molecule has 1 saturated heterocycles. The number of esters is 1. The second-order valence-electron chi connectivity index (χ2n) is 7.04. The number of benzene rings is 1. The molecular weight excluding hydrogens is 368 g/mol. The molecule has 7 nitrogen and oxygen atoms in total. The van der Waals surface area contributed by atoms with Crippen LogP contribution < -0.4 is 0 Å². The van der Waals surface area contributed by atoms with Crippen LogP contribution in [0.3, 0.4) is 0 Å². The molecule has 8 heteroatoms. The molecule has 0 radical (unpaired) electrons. The van der Waals surface area contributed by atoms with Crippen LogP contribution >= 0.6 is 11.8 Å². The fourth-order valence-corrected chi connectivity index (χ4v) is 4.70.